The summed E-state index contributed by atoms with van der Waals surface area (Å²) in [4.78, 5) is 0. The predicted molar refractivity (Wildman–Crippen MR) is 56.6 cm³/mol. The fourth-order valence-corrected chi connectivity index (χ4v) is 0.825. The standard InChI is InChI=1S/C9H13N.C2H6/c1-2-8-10-9-6-4-3-5-7-9;1-2/h3-7,10H,2,8H2,1H3;1-2H3. The van der Waals surface area contributed by atoms with Crippen LogP contribution in [0.15, 0.2) is 30.3 Å². The summed E-state index contributed by atoms with van der Waals surface area (Å²) in [6.07, 6.45) is 1.18. The smallest absolute Gasteiger partial charge is 0.0340 e. The van der Waals surface area contributed by atoms with E-state index < -0.39 is 0 Å². The Morgan fingerprint density at radius 2 is 1.67 bits per heavy atom. The number of hydrogen-bond donors (Lipinski definition) is 1. The number of hydrogen-bond acceptors (Lipinski definition) is 1. The van der Waals surface area contributed by atoms with E-state index in [4.69, 9.17) is 0 Å². The van der Waals surface area contributed by atoms with Gasteiger partial charge in [-0.15, -0.1) is 0 Å². The summed E-state index contributed by atoms with van der Waals surface area (Å²) in [6, 6.07) is 10.3. The molecule has 0 aliphatic carbocycles. The summed E-state index contributed by atoms with van der Waals surface area (Å²) in [6.45, 7) is 7.22. The molecule has 0 aromatic heterocycles. The van der Waals surface area contributed by atoms with Gasteiger partial charge in [-0.1, -0.05) is 39.0 Å². The van der Waals surface area contributed by atoms with Crippen molar-refractivity contribution in [2.45, 2.75) is 27.2 Å². The van der Waals surface area contributed by atoms with E-state index >= 15 is 0 Å². The Kier molecular flexibility index (Phi) is 7.46. The van der Waals surface area contributed by atoms with Crippen LogP contribution in [0.3, 0.4) is 0 Å². The van der Waals surface area contributed by atoms with Crippen molar-refractivity contribution in [3.05, 3.63) is 30.3 Å². The summed E-state index contributed by atoms with van der Waals surface area (Å²) in [7, 11) is 0. The van der Waals surface area contributed by atoms with Crippen molar-refractivity contribution in [3.8, 4) is 0 Å². The van der Waals surface area contributed by atoms with Gasteiger partial charge in [0.1, 0.15) is 0 Å². The van der Waals surface area contributed by atoms with Crippen molar-refractivity contribution in [2.24, 2.45) is 0 Å². The van der Waals surface area contributed by atoms with Gasteiger partial charge >= 0.3 is 0 Å². The number of para-hydroxylation sites is 1. The summed E-state index contributed by atoms with van der Waals surface area (Å²) in [5.74, 6) is 0. The van der Waals surface area contributed by atoms with Crippen LogP contribution >= 0.6 is 0 Å². The van der Waals surface area contributed by atoms with Crippen molar-refractivity contribution in [2.75, 3.05) is 11.9 Å². The second kappa shape index (κ2) is 8.12. The molecule has 68 valence electrons. The largest absolute Gasteiger partial charge is 0.385 e. The molecule has 1 aromatic carbocycles. The first kappa shape index (κ1) is 11.0. The molecule has 0 unspecified atom stereocenters. The highest BCUT2D eigenvalue weighted by Gasteiger charge is 1.84. The third-order valence-corrected chi connectivity index (χ3v) is 1.35. The summed E-state index contributed by atoms with van der Waals surface area (Å²) in [5.41, 5.74) is 1.21. The zero-order valence-corrected chi connectivity index (χ0v) is 8.30. The van der Waals surface area contributed by atoms with Gasteiger partial charge in [-0.05, 0) is 18.6 Å². The predicted octanol–water partition coefficient (Wildman–Crippen LogP) is 3.53. The van der Waals surface area contributed by atoms with Crippen LogP contribution < -0.4 is 5.32 Å². The van der Waals surface area contributed by atoms with Gasteiger partial charge in [-0.25, -0.2) is 0 Å². The van der Waals surface area contributed by atoms with Crippen LogP contribution in [-0.4, -0.2) is 6.54 Å². The fraction of sp³-hybridized carbons (Fsp3) is 0.455. The molecule has 0 saturated heterocycles. The van der Waals surface area contributed by atoms with Gasteiger partial charge < -0.3 is 5.32 Å². The molecule has 0 heterocycles. The topological polar surface area (TPSA) is 12.0 Å². The summed E-state index contributed by atoms with van der Waals surface area (Å²) < 4.78 is 0. The Morgan fingerprint density at radius 3 is 2.17 bits per heavy atom. The average molecular weight is 165 g/mol. The molecule has 1 rings (SSSR count). The van der Waals surface area contributed by atoms with Crippen LogP contribution in [-0.2, 0) is 0 Å². The van der Waals surface area contributed by atoms with Crippen molar-refractivity contribution < 1.29 is 0 Å². The van der Waals surface area contributed by atoms with Crippen molar-refractivity contribution in [1.29, 1.82) is 0 Å². The maximum atomic E-state index is 3.29. The minimum Gasteiger partial charge on any atom is -0.385 e. The minimum atomic E-state index is 1.06. The molecule has 0 amide bonds. The van der Waals surface area contributed by atoms with Crippen molar-refractivity contribution in [3.63, 3.8) is 0 Å². The summed E-state index contributed by atoms with van der Waals surface area (Å²) >= 11 is 0. The first-order chi connectivity index (χ1) is 5.93. The molecule has 0 fully saturated rings. The van der Waals surface area contributed by atoms with E-state index in [0.29, 0.717) is 0 Å². The molecule has 0 spiro atoms. The fourth-order valence-electron chi connectivity index (χ4n) is 0.825. The van der Waals surface area contributed by atoms with E-state index in [0.717, 1.165) is 6.54 Å². The van der Waals surface area contributed by atoms with Crippen LogP contribution in [0.5, 0.6) is 0 Å². The maximum Gasteiger partial charge on any atom is 0.0340 e. The average Bonchev–Trinajstić information content (AvgIpc) is 2.19. The lowest BCUT2D eigenvalue weighted by atomic mass is 10.3. The van der Waals surface area contributed by atoms with Crippen LogP contribution in [0.2, 0.25) is 0 Å². The number of anilines is 1. The molecule has 0 aliphatic heterocycles. The maximum absolute atomic E-state index is 3.29. The van der Waals surface area contributed by atoms with E-state index in [2.05, 4.69) is 24.4 Å². The molecule has 1 nitrogen and oxygen atoms in total. The third-order valence-electron chi connectivity index (χ3n) is 1.35. The van der Waals surface area contributed by atoms with Crippen LogP contribution in [0, 0.1) is 0 Å². The van der Waals surface area contributed by atoms with Crippen LogP contribution in [0.1, 0.15) is 27.2 Å². The molecular formula is C11H19N. The third kappa shape index (κ3) is 4.78. The van der Waals surface area contributed by atoms with Crippen molar-refractivity contribution >= 4 is 5.69 Å². The van der Waals surface area contributed by atoms with Gasteiger partial charge in [0.15, 0.2) is 0 Å². The van der Waals surface area contributed by atoms with Gasteiger partial charge in [0, 0.05) is 12.2 Å². The molecule has 0 radical (unpaired) electrons. The number of benzene rings is 1. The van der Waals surface area contributed by atoms with E-state index in [-0.39, 0.29) is 0 Å². The lowest BCUT2D eigenvalue weighted by Crippen LogP contribution is -1.98. The second-order valence-corrected chi connectivity index (χ2v) is 2.29. The molecule has 0 atom stereocenters. The number of rotatable bonds is 3. The van der Waals surface area contributed by atoms with Gasteiger partial charge in [-0.2, -0.15) is 0 Å². The lowest BCUT2D eigenvalue weighted by Gasteiger charge is -2.01. The SMILES string of the molecule is CC.CCCNc1ccccc1. The Bertz CT molecular complexity index is 170. The van der Waals surface area contributed by atoms with Crippen molar-refractivity contribution in [1.82, 2.24) is 0 Å². The molecular weight excluding hydrogens is 146 g/mol. The molecule has 1 aromatic rings. The van der Waals surface area contributed by atoms with E-state index in [9.17, 15) is 0 Å². The first-order valence-corrected chi connectivity index (χ1v) is 4.72. The Labute approximate surface area is 75.8 Å². The highest BCUT2D eigenvalue weighted by atomic mass is 14.9. The van der Waals surface area contributed by atoms with Crippen LogP contribution in [0.25, 0.3) is 0 Å². The molecule has 1 heteroatoms. The quantitative estimate of drug-likeness (QED) is 0.722. The van der Waals surface area contributed by atoms with Crippen LogP contribution in [0.4, 0.5) is 5.69 Å². The molecule has 0 saturated carbocycles. The Balaban J connectivity index is 0.000000561. The summed E-state index contributed by atoms with van der Waals surface area (Å²) in [5, 5.41) is 3.29. The monoisotopic (exact) mass is 165 g/mol. The Hall–Kier alpha value is -0.980. The van der Waals surface area contributed by atoms with E-state index in [1.165, 1.54) is 12.1 Å². The number of nitrogens with one attached hydrogen (secondary N) is 1. The normalized spacial score (nSPS) is 8.25. The second-order valence-electron chi connectivity index (χ2n) is 2.29. The molecule has 0 bridgehead atoms. The van der Waals surface area contributed by atoms with Gasteiger partial charge in [0.2, 0.25) is 0 Å². The molecule has 0 aliphatic rings. The zero-order chi connectivity index (χ0) is 9.23. The molecule has 12 heavy (non-hydrogen) atoms. The lowest BCUT2D eigenvalue weighted by molar-refractivity contribution is 0.980. The van der Waals surface area contributed by atoms with Gasteiger partial charge in [0.05, 0.1) is 0 Å². The minimum absolute atomic E-state index is 1.06. The van der Waals surface area contributed by atoms with E-state index in [1.807, 2.05) is 32.0 Å². The highest BCUT2D eigenvalue weighted by Crippen LogP contribution is 2.03. The first-order valence-electron chi connectivity index (χ1n) is 4.72. The highest BCUT2D eigenvalue weighted by molar-refractivity contribution is 5.42. The van der Waals surface area contributed by atoms with E-state index in [1.54, 1.807) is 0 Å². The van der Waals surface area contributed by atoms with Gasteiger partial charge in [-0.3, -0.25) is 0 Å². The zero-order valence-electron chi connectivity index (χ0n) is 8.30. The van der Waals surface area contributed by atoms with Gasteiger partial charge in [0.25, 0.3) is 0 Å². The Morgan fingerprint density at radius 1 is 1.08 bits per heavy atom. The molecule has 1 N–H and O–H groups in total.